The van der Waals surface area contributed by atoms with Crippen LogP contribution < -0.4 is 13.8 Å². The summed E-state index contributed by atoms with van der Waals surface area (Å²) in [5.74, 6) is 0.277. The Hall–Kier alpha value is -3.69. The smallest absolute Gasteiger partial charge is 0.343 e. The normalized spacial score (nSPS) is 11.1. The van der Waals surface area contributed by atoms with Crippen molar-refractivity contribution in [3.63, 3.8) is 0 Å². The van der Waals surface area contributed by atoms with Gasteiger partial charge in [-0.3, -0.25) is 4.31 Å². The third-order valence-electron chi connectivity index (χ3n) is 4.94. The molecule has 0 atom stereocenters. The molecule has 9 heteroatoms. The zero-order valence-corrected chi connectivity index (χ0v) is 20.2. The van der Waals surface area contributed by atoms with Crippen molar-refractivity contribution in [2.45, 2.75) is 18.4 Å². The van der Waals surface area contributed by atoms with Crippen LogP contribution >= 0.6 is 11.3 Å². The maximum atomic E-state index is 12.8. The monoisotopic (exact) mass is 494 g/mol. The topological polar surface area (TPSA) is 85.8 Å². The predicted octanol–water partition coefficient (Wildman–Crippen LogP) is 5.07. The number of ether oxygens (including phenoxy) is 2. The number of carbonyl (C=O) groups excluding carboxylic acids is 1. The molecule has 0 bridgehead atoms. The van der Waals surface area contributed by atoms with Crippen molar-refractivity contribution < 1.29 is 22.7 Å². The first-order valence-corrected chi connectivity index (χ1v) is 12.6. The molecule has 0 N–H and O–H groups in total. The van der Waals surface area contributed by atoms with E-state index in [1.165, 1.54) is 23.5 Å². The Morgan fingerprint density at radius 1 is 0.971 bits per heavy atom. The summed E-state index contributed by atoms with van der Waals surface area (Å²) in [4.78, 5) is 17.2. The van der Waals surface area contributed by atoms with Gasteiger partial charge in [0.15, 0.2) is 0 Å². The average molecular weight is 495 g/mol. The molecule has 1 heterocycles. The molecule has 0 saturated carbocycles. The molecule has 0 aliphatic carbocycles. The van der Waals surface area contributed by atoms with Crippen LogP contribution in [0.2, 0.25) is 0 Å². The van der Waals surface area contributed by atoms with Crippen molar-refractivity contribution in [3.8, 4) is 11.5 Å². The zero-order valence-electron chi connectivity index (χ0n) is 18.5. The number of hydrogen-bond donors (Lipinski definition) is 0. The highest BCUT2D eigenvalue weighted by molar-refractivity contribution is 7.92. The van der Waals surface area contributed by atoms with E-state index in [0.717, 1.165) is 10.7 Å². The van der Waals surface area contributed by atoms with Crippen molar-refractivity contribution in [3.05, 3.63) is 101 Å². The van der Waals surface area contributed by atoms with Crippen LogP contribution in [0.25, 0.3) is 0 Å². The molecule has 34 heavy (non-hydrogen) atoms. The first-order valence-electron chi connectivity index (χ1n) is 10.3. The lowest BCUT2D eigenvalue weighted by Gasteiger charge is -2.19. The summed E-state index contributed by atoms with van der Waals surface area (Å²) in [6.45, 7) is 2.24. The van der Waals surface area contributed by atoms with Gasteiger partial charge < -0.3 is 9.47 Å². The fourth-order valence-electron chi connectivity index (χ4n) is 3.12. The minimum absolute atomic E-state index is 0.194. The van der Waals surface area contributed by atoms with Gasteiger partial charge in [-0.15, -0.1) is 11.3 Å². The van der Waals surface area contributed by atoms with Crippen LogP contribution in [0.4, 0.5) is 5.69 Å². The molecular weight excluding hydrogens is 472 g/mol. The molecule has 0 radical (unpaired) electrons. The maximum Gasteiger partial charge on any atom is 0.343 e. The van der Waals surface area contributed by atoms with Gasteiger partial charge >= 0.3 is 5.97 Å². The lowest BCUT2D eigenvalue weighted by molar-refractivity contribution is 0.0734. The highest BCUT2D eigenvalue weighted by Crippen LogP contribution is 2.25. The Morgan fingerprint density at radius 3 is 2.38 bits per heavy atom. The van der Waals surface area contributed by atoms with Crippen LogP contribution in [-0.4, -0.2) is 26.4 Å². The lowest BCUT2D eigenvalue weighted by atomic mass is 10.2. The summed E-state index contributed by atoms with van der Waals surface area (Å²) in [6.07, 6.45) is 0. The second-order valence-electron chi connectivity index (χ2n) is 7.34. The highest BCUT2D eigenvalue weighted by atomic mass is 32.2. The lowest BCUT2D eigenvalue weighted by Crippen LogP contribution is -2.26. The average Bonchev–Trinajstić information content (AvgIpc) is 3.28. The van der Waals surface area contributed by atoms with Gasteiger partial charge in [0.1, 0.15) is 18.1 Å². The number of carbonyl (C=O) groups is 1. The molecule has 3 aromatic carbocycles. The molecule has 4 rings (SSSR count). The summed E-state index contributed by atoms with van der Waals surface area (Å²) in [5, 5.41) is 2.89. The van der Waals surface area contributed by atoms with Crippen LogP contribution in [0.5, 0.6) is 11.5 Å². The molecule has 0 unspecified atom stereocenters. The Kier molecular flexibility index (Phi) is 6.95. The van der Waals surface area contributed by atoms with E-state index in [-0.39, 0.29) is 4.90 Å². The van der Waals surface area contributed by atoms with E-state index in [4.69, 9.17) is 9.47 Å². The zero-order chi connectivity index (χ0) is 24.1. The van der Waals surface area contributed by atoms with Gasteiger partial charge in [0, 0.05) is 12.4 Å². The number of thiazole rings is 1. The van der Waals surface area contributed by atoms with Gasteiger partial charge in [0.25, 0.3) is 10.0 Å². The number of nitrogens with zero attached hydrogens (tertiary/aromatic N) is 2. The number of anilines is 1. The van der Waals surface area contributed by atoms with E-state index < -0.39 is 16.0 Å². The Labute approximate surface area is 202 Å². The standard InChI is InChI=1S/C25H22N2O5S2/c1-18-26-20(17-33-18)16-31-23-8-6-7-19(15-23)25(28)32-22-13-11-21(12-14-22)27(2)34(29,30)24-9-4-3-5-10-24/h3-15,17H,16H2,1-2H3. The first-order chi connectivity index (χ1) is 16.3. The van der Waals surface area contributed by atoms with Crippen LogP contribution in [0.1, 0.15) is 21.1 Å². The first kappa shape index (κ1) is 23.5. The Bertz CT molecular complexity index is 1380. The van der Waals surface area contributed by atoms with Gasteiger partial charge in [0.2, 0.25) is 0 Å². The van der Waals surface area contributed by atoms with Crippen molar-refractivity contribution in [2.24, 2.45) is 0 Å². The molecule has 0 fully saturated rings. The highest BCUT2D eigenvalue weighted by Gasteiger charge is 2.21. The van der Waals surface area contributed by atoms with Crippen LogP contribution in [0, 0.1) is 6.92 Å². The summed E-state index contributed by atoms with van der Waals surface area (Å²) >= 11 is 1.55. The van der Waals surface area contributed by atoms with Crippen molar-refractivity contribution >= 4 is 33.0 Å². The van der Waals surface area contributed by atoms with Crippen LogP contribution in [0.15, 0.2) is 89.1 Å². The molecule has 174 valence electrons. The minimum Gasteiger partial charge on any atom is -0.487 e. The molecular formula is C25H22N2O5S2. The van der Waals surface area contributed by atoms with Crippen molar-refractivity contribution in [2.75, 3.05) is 11.4 Å². The van der Waals surface area contributed by atoms with E-state index in [1.807, 2.05) is 12.3 Å². The van der Waals surface area contributed by atoms with E-state index in [9.17, 15) is 13.2 Å². The van der Waals surface area contributed by atoms with Gasteiger partial charge in [-0.25, -0.2) is 18.2 Å². The quantitative estimate of drug-likeness (QED) is 0.251. The molecule has 1 aromatic heterocycles. The number of aryl methyl sites for hydroxylation is 1. The third kappa shape index (κ3) is 5.44. The largest absolute Gasteiger partial charge is 0.487 e. The number of rotatable bonds is 8. The summed E-state index contributed by atoms with van der Waals surface area (Å²) in [7, 11) is -2.22. The van der Waals surface area contributed by atoms with E-state index in [2.05, 4.69) is 4.98 Å². The number of aromatic nitrogens is 1. The van der Waals surface area contributed by atoms with E-state index in [1.54, 1.807) is 78.1 Å². The van der Waals surface area contributed by atoms with Gasteiger partial charge in [-0.05, 0) is 61.5 Å². The number of benzene rings is 3. The van der Waals surface area contributed by atoms with Crippen molar-refractivity contribution in [1.29, 1.82) is 0 Å². The van der Waals surface area contributed by atoms with Crippen molar-refractivity contribution in [1.82, 2.24) is 4.98 Å². The van der Waals surface area contributed by atoms with Gasteiger partial charge in [-0.1, -0.05) is 24.3 Å². The summed E-state index contributed by atoms with van der Waals surface area (Å²) < 4.78 is 37.9. The number of sulfonamides is 1. The SMILES string of the molecule is Cc1nc(COc2cccc(C(=O)Oc3ccc(N(C)S(=O)(=O)c4ccccc4)cc3)c2)cs1. The second-order valence-corrected chi connectivity index (χ2v) is 10.4. The third-order valence-corrected chi connectivity index (χ3v) is 7.56. The Balaban J connectivity index is 1.41. The predicted molar refractivity (Wildman–Crippen MR) is 131 cm³/mol. The fraction of sp³-hybridized carbons (Fsp3) is 0.120. The second kappa shape index (κ2) is 10.1. The van der Waals surface area contributed by atoms with Gasteiger partial charge in [0.05, 0.1) is 26.8 Å². The molecule has 4 aromatic rings. The number of hydrogen-bond acceptors (Lipinski definition) is 7. The number of esters is 1. The summed E-state index contributed by atoms with van der Waals surface area (Å²) in [6, 6.07) is 21.2. The molecule has 7 nitrogen and oxygen atoms in total. The minimum atomic E-state index is -3.69. The van der Waals surface area contributed by atoms with Crippen LogP contribution in [-0.2, 0) is 16.6 Å². The molecule has 0 saturated heterocycles. The molecule has 0 amide bonds. The molecule has 0 aliphatic heterocycles. The van der Waals surface area contributed by atoms with E-state index >= 15 is 0 Å². The van der Waals surface area contributed by atoms with Gasteiger partial charge in [-0.2, -0.15) is 0 Å². The summed E-state index contributed by atoms with van der Waals surface area (Å²) in [5.41, 5.74) is 1.60. The van der Waals surface area contributed by atoms with E-state index in [0.29, 0.717) is 29.4 Å². The molecule has 0 spiro atoms. The Morgan fingerprint density at radius 2 is 1.71 bits per heavy atom. The van der Waals surface area contributed by atoms with Crippen LogP contribution in [0.3, 0.4) is 0 Å². The molecule has 0 aliphatic rings. The maximum absolute atomic E-state index is 12.8. The fourth-order valence-corrected chi connectivity index (χ4v) is 4.94.